The molecular weight excluding hydrogens is 186 g/mol. The van der Waals surface area contributed by atoms with Crippen LogP contribution in [0.4, 0.5) is 0 Å². The molecule has 1 N–H and O–H groups in total. The smallest absolute Gasteiger partial charge is 0.0575 e. The molecule has 0 heterocycles. The van der Waals surface area contributed by atoms with Crippen molar-refractivity contribution in [2.45, 2.75) is 65.0 Å². The first-order chi connectivity index (χ1) is 7.20. The summed E-state index contributed by atoms with van der Waals surface area (Å²) in [5.74, 6) is 0.723. The van der Waals surface area contributed by atoms with Gasteiger partial charge in [0.2, 0.25) is 0 Å². The summed E-state index contributed by atoms with van der Waals surface area (Å²) in [5.41, 5.74) is 0. The van der Waals surface area contributed by atoms with Gasteiger partial charge in [-0.2, -0.15) is 0 Å². The third kappa shape index (κ3) is 5.53. The first-order valence-corrected chi connectivity index (χ1v) is 6.55. The number of hydrogen-bond donors (Lipinski definition) is 1. The monoisotopic (exact) mass is 213 g/mol. The van der Waals surface area contributed by atoms with Gasteiger partial charge in [-0.3, -0.25) is 0 Å². The lowest BCUT2D eigenvalue weighted by Crippen LogP contribution is -2.32. The molecule has 1 saturated carbocycles. The van der Waals surface area contributed by atoms with Crippen LogP contribution in [-0.2, 0) is 4.74 Å². The van der Waals surface area contributed by atoms with Crippen molar-refractivity contribution in [1.82, 2.24) is 5.32 Å². The minimum Gasteiger partial charge on any atom is -0.378 e. The first kappa shape index (κ1) is 13.0. The fourth-order valence-electron chi connectivity index (χ4n) is 1.94. The Labute approximate surface area is 94.8 Å². The van der Waals surface area contributed by atoms with Crippen LogP contribution in [0.25, 0.3) is 0 Å². The molecule has 0 bridgehead atoms. The van der Waals surface area contributed by atoms with Crippen molar-refractivity contribution >= 4 is 0 Å². The summed E-state index contributed by atoms with van der Waals surface area (Å²) in [6.07, 6.45) is 7.03. The molecular formula is C13H27NO. The van der Waals surface area contributed by atoms with Gasteiger partial charge >= 0.3 is 0 Å². The number of hydrogen-bond acceptors (Lipinski definition) is 2. The van der Waals surface area contributed by atoms with Gasteiger partial charge in [-0.15, -0.1) is 0 Å². The Bertz CT molecular complexity index is 149. The van der Waals surface area contributed by atoms with E-state index in [1.807, 2.05) is 0 Å². The highest BCUT2D eigenvalue weighted by molar-refractivity contribution is 4.67. The van der Waals surface area contributed by atoms with Crippen molar-refractivity contribution in [2.24, 2.45) is 5.92 Å². The SMILES string of the molecule is CC(C)C(C)NCCCOC1CCCC1. The van der Waals surface area contributed by atoms with E-state index in [9.17, 15) is 0 Å². The Balaban J connectivity index is 1.88. The number of ether oxygens (including phenoxy) is 1. The summed E-state index contributed by atoms with van der Waals surface area (Å²) < 4.78 is 5.81. The molecule has 0 aromatic carbocycles. The molecule has 2 heteroatoms. The molecule has 0 spiro atoms. The maximum absolute atomic E-state index is 5.81. The van der Waals surface area contributed by atoms with Crippen molar-refractivity contribution in [2.75, 3.05) is 13.2 Å². The molecule has 15 heavy (non-hydrogen) atoms. The van der Waals surface area contributed by atoms with Crippen LogP contribution in [0.5, 0.6) is 0 Å². The summed E-state index contributed by atoms with van der Waals surface area (Å²) in [5, 5.41) is 3.53. The standard InChI is InChI=1S/C13H27NO/c1-11(2)12(3)14-9-6-10-15-13-7-4-5-8-13/h11-14H,4-10H2,1-3H3. The van der Waals surface area contributed by atoms with Crippen LogP contribution >= 0.6 is 0 Å². The summed E-state index contributed by atoms with van der Waals surface area (Å²) in [4.78, 5) is 0. The van der Waals surface area contributed by atoms with Crippen LogP contribution < -0.4 is 5.32 Å². The van der Waals surface area contributed by atoms with Crippen LogP contribution in [0.3, 0.4) is 0 Å². The van der Waals surface area contributed by atoms with Gasteiger partial charge in [0.15, 0.2) is 0 Å². The number of nitrogens with one attached hydrogen (secondary N) is 1. The molecule has 2 nitrogen and oxygen atoms in total. The van der Waals surface area contributed by atoms with Gasteiger partial charge in [0.05, 0.1) is 6.10 Å². The maximum atomic E-state index is 5.81. The molecule has 0 radical (unpaired) electrons. The largest absolute Gasteiger partial charge is 0.378 e. The van der Waals surface area contributed by atoms with E-state index in [1.165, 1.54) is 25.7 Å². The van der Waals surface area contributed by atoms with Crippen molar-refractivity contribution < 1.29 is 4.74 Å². The fraction of sp³-hybridized carbons (Fsp3) is 1.00. The lowest BCUT2D eigenvalue weighted by Gasteiger charge is -2.17. The second-order valence-electron chi connectivity index (χ2n) is 5.12. The molecule has 90 valence electrons. The molecule has 0 amide bonds. The molecule has 0 aliphatic heterocycles. The Kier molecular flexibility index (Phi) is 6.26. The molecule has 0 aromatic rings. The predicted molar refractivity (Wildman–Crippen MR) is 65.1 cm³/mol. The number of rotatable bonds is 7. The third-order valence-electron chi connectivity index (χ3n) is 3.44. The zero-order valence-corrected chi connectivity index (χ0v) is 10.6. The van der Waals surface area contributed by atoms with E-state index in [1.54, 1.807) is 0 Å². The quantitative estimate of drug-likeness (QED) is 0.656. The normalized spacial score (nSPS) is 20.0. The van der Waals surface area contributed by atoms with Crippen molar-refractivity contribution in [3.05, 3.63) is 0 Å². The summed E-state index contributed by atoms with van der Waals surface area (Å²) in [6.45, 7) is 8.79. The van der Waals surface area contributed by atoms with Gasteiger partial charge in [0, 0.05) is 12.6 Å². The highest BCUT2D eigenvalue weighted by atomic mass is 16.5. The second kappa shape index (κ2) is 7.24. The second-order valence-corrected chi connectivity index (χ2v) is 5.12. The van der Waals surface area contributed by atoms with Gasteiger partial charge in [0.1, 0.15) is 0 Å². The molecule has 1 rings (SSSR count). The zero-order chi connectivity index (χ0) is 11.1. The average molecular weight is 213 g/mol. The predicted octanol–water partition coefficient (Wildman–Crippen LogP) is 2.97. The molecule has 1 aliphatic carbocycles. The molecule has 1 aliphatic rings. The molecule has 0 saturated heterocycles. The van der Waals surface area contributed by atoms with E-state index in [-0.39, 0.29) is 0 Å². The zero-order valence-electron chi connectivity index (χ0n) is 10.6. The van der Waals surface area contributed by atoms with Gasteiger partial charge in [-0.05, 0) is 38.6 Å². The van der Waals surface area contributed by atoms with Crippen LogP contribution in [-0.4, -0.2) is 25.3 Å². The third-order valence-corrected chi connectivity index (χ3v) is 3.44. The van der Waals surface area contributed by atoms with Crippen LogP contribution in [0.15, 0.2) is 0 Å². The van der Waals surface area contributed by atoms with Gasteiger partial charge in [-0.25, -0.2) is 0 Å². The topological polar surface area (TPSA) is 21.3 Å². The lowest BCUT2D eigenvalue weighted by atomic mass is 10.1. The first-order valence-electron chi connectivity index (χ1n) is 6.55. The van der Waals surface area contributed by atoms with Crippen molar-refractivity contribution in [3.8, 4) is 0 Å². The van der Waals surface area contributed by atoms with E-state index >= 15 is 0 Å². The summed E-state index contributed by atoms with van der Waals surface area (Å²) >= 11 is 0. The Morgan fingerprint density at radius 2 is 1.87 bits per heavy atom. The Morgan fingerprint density at radius 3 is 2.47 bits per heavy atom. The van der Waals surface area contributed by atoms with Crippen molar-refractivity contribution in [3.63, 3.8) is 0 Å². The van der Waals surface area contributed by atoms with E-state index in [2.05, 4.69) is 26.1 Å². The fourth-order valence-corrected chi connectivity index (χ4v) is 1.94. The van der Waals surface area contributed by atoms with Gasteiger partial charge in [-0.1, -0.05) is 26.7 Å². The highest BCUT2D eigenvalue weighted by Crippen LogP contribution is 2.20. The lowest BCUT2D eigenvalue weighted by molar-refractivity contribution is 0.0564. The van der Waals surface area contributed by atoms with Crippen molar-refractivity contribution in [1.29, 1.82) is 0 Å². The van der Waals surface area contributed by atoms with Gasteiger partial charge < -0.3 is 10.1 Å². The maximum Gasteiger partial charge on any atom is 0.0575 e. The van der Waals surface area contributed by atoms with Gasteiger partial charge in [0.25, 0.3) is 0 Å². The molecule has 0 aromatic heterocycles. The minimum atomic E-state index is 0.576. The van der Waals surface area contributed by atoms with E-state index in [4.69, 9.17) is 4.74 Å². The summed E-state index contributed by atoms with van der Waals surface area (Å²) in [6, 6.07) is 0.622. The van der Waals surface area contributed by atoms with Crippen LogP contribution in [0.2, 0.25) is 0 Å². The van der Waals surface area contributed by atoms with E-state index in [0.29, 0.717) is 12.1 Å². The van der Waals surface area contributed by atoms with E-state index < -0.39 is 0 Å². The van der Waals surface area contributed by atoms with Crippen LogP contribution in [0.1, 0.15) is 52.9 Å². The summed E-state index contributed by atoms with van der Waals surface area (Å²) in [7, 11) is 0. The molecule has 1 unspecified atom stereocenters. The molecule has 1 atom stereocenters. The minimum absolute atomic E-state index is 0.576. The highest BCUT2D eigenvalue weighted by Gasteiger charge is 2.14. The molecule has 1 fully saturated rings. The Hall–Kier alpha value is -0.0800. The average Bonchev–Trinajstić information content (AvgIpc) is 2.69. The van der Waals surface area contributed by atoms with Crippen LogP contribution in [0, 0.1) is 5.92 Å². The van der Waals surface area contributed by atoms with E-state index in [0.717, 1.165) is 25.5 Å². The Morgan fingerprint density at radius 1 is 1.20 bits per heavy atom.